The fourth-order valence-corrected chi connectivity index (χ4v) is 1.84. The van der Waals surface area contributed by atoms with Crippen molar-refractivity contribution in [3.05, 3.63) is 54.3 Å². The van der Waals surface area contributed by atoms with Crippen molar-refractivity contribution in [2.75, 3.05) is 0 Å². The molecular weight excluding hydrogens is 242 g/mol. The second-order valence-electron chi connectivity index (χ2n) is 3.96. The molecule has 2 aromatic carbocycles. The van der Waals surface area contributed by atoms with Crippen molar-refractivity contribution in [1.82, 2.24) is 0 Å². The quantitative estimate of drug-likeness (QED) is 0.752. The molecule has 0 bridgehead atoms. The van der Waals surface area contributed by atoms with Gasteiger partial charge < -0.3 is 14.3 Å². The zero-order valence-corrected chi connectivity index (χ0v) is 9.83. The first-order chi connectivity index (χ1) is 9.28. The summed E-state index contributed by atoms with van der Waals surface area (Å²) in [6.45, 7) is 0. The number of nitrogens with zero attached hydrogens (tertiary/aromatic N) is 1. The van der Waals surface area contributed by atoms with Crippen LogP contribution in [0.15, 0.2) is 52.9 Å². The Balaban J connectivity index is 2.09. The van der Waals surface area contributed by atoms with E-state index < -0.39 is 0 Å². The van der Waals surface area contributed by atoms with Crippen molar-refractivity contribution >= 4 is 11.0 Å². The highest BCUT2D eigenvalue weighted by atomic mass is 16.5. The molecule has 1 aromatic heterocycles. The van der Waals surface area contributed by atoms with Gasteiger partial charge in [0.1, 0.15) is 17.4 Å². The Labute approximate surface area is 109 Å². The molecular formula is C15H9NO3. The Morgan fingerprint density at radius 3 is 2.63 bits per heavy atom. The van der Waals surface area contributed by atoms with Gasteiger partial charge in [-0.1, -0.05) is 18.2 Å². The third kappa shape index (κ3) is 1.98. The van der Waals surface area contributed by atoms with E-state index in [-0.39, 0.29) is 11.5 Å². The molecule has 0 saturated heterocycles. The van der Waals surface area contributed by atoms with E-state index in [4.69, 9.17) is 14.4 Å². The number of rotatable bonds is 2. The normalized spacial score (nSPS) is 10.3. The molecule has 1 N–H and O–H groups in total. The first-order valence-corrected chi connectivity index (χ1v) is 5.66. The smallest absolute Gasteiger partial charge is 0.204 e. The second-order valence-corrected chi connectivity index (χ2v) is 3.96. The Bertz CT molecular complexity index is 783. The molecule has 4 heteroatoms. The number of benzene rings is 2. The van der Waals surface area contributed by atoms with Crippen LogP contribution in [0.25, 0.3) is 11.0 Å². The Kier molecular flexibility index (Phi) is 2.58. The van der Waals surface area contributed by atoms with Crippen LogP contribution in [0, 0.1) is 11.3 Å². The van der Waals surface area contributed by atoms with Crippen LogP contribution in [0.5, 0.6) is 17.2 Å². The van der Waals surface area contributed by atoms with Gasteiger partial charge in [0.05, 0.1) is 5.39 Å². The lowest BCUT2D eigenvalue weighted by Crippen LogP contribution is -1.84. The maximum atomic E-state index is 9.69. The number of fused-ring (bicyclic) bond motifs is 1. The van der Waals surface area contributed by atoms with Gasteiger partial charge >= 0.3 is 0 Å². The third-order valence-electron chi connectivity index (χ3n) is 2.72. The first kappa shape index (κ1) is 11.2. The third-order valence-corrected chi connectivity index (χ3v) is 2.72. The number of aromatic hydroxyl groups is 1. The fraction of sp³-hybridized carbons (Fsp3) is 0. The SMILES string of the molecule is N#Cc1cc2c(Oc3ccccc3O)cccc2o1. The van der Waals surface area contributed by atoms with E-state index in [2.05, 4.69) is 0 Å². The van der Waals surface area contributed by atoms with Crippen molar-refractivity contribution in [3.63, 3.8) is 0 Å². The predicted octanol–water partition coefficient (Wildman–Crippen LogP) is 3.80. The van der Waals surface area contributed by atoms with Gasteiger partial charge in [-0.05, 0) is 24.3 Å². The minimum Gasteiger partial charge on any atom is -0.504 e. The number of phenolic OH excluding ortho intramolecular Hbond substituents is 1. The molecule has 0 aliphatic carbocycles. The fourth-order valence-electron chi connectivity index (χ4n) is 1.84. The van der Waals surface area contributed by atoms with Crippen molar-refractivity contribution in [2.24, 2.45) is 0 Å². The van der Waals surface area contributed by atoms with Crippen LogP contribution in [0.2, 0.25) is 0 Å². The number of furan rings is 1. The standard InChI is InChI=1S/C15H9NO3/c16-9-10-8-11-13(18-10)6-3-7-14(11)19-15-5-2-1-4-12(15)17/h1-8,17H. The van der Waals surface area contributed by atoms with Gasteiger partial charge in [0.25, 0.3) is 0 Å². The summed E-state index contributed by atoms with van der Waals surface area (Å²) >= 11 is 0. The van der Waals surface area contributed by atoms with Crippen molar-refractivity contribution in [2.45, 2.75) is 0 Å². The van der Waals surface area contributed by atoms with Gasteiger partial charge in [-0.15, -0.1) is 0 Å². The number of nitriles is 1. The van der Waals surface area contributed by atoms with E-state index in [0.717, 1.165) is 0 Å². The maximum absolute atomic E-state index is 9.69. The molecule has 92 valence electrons. The highest BCUT2D eigenvalue weighted by Crippen LogP contribution is 2.35. The minimum absolute atomic E-state index is 0.0588. The van der Waals surface area contributed by atoms with Crippen LogP contribution in [-0.2, 0) is 0 Å². The average molecular weight is 251 g/mol. The molecule has 3 rings (SSSR count). The lowest BCUT2D eigenvalue weighted by molar-refractivity contribution is 0.413. The number of para-hydroxylation sites is 2. The topological polar surface area (TPSA) is 66.4 Å². The van der Waals surface area contributed by atoms with Gasteiger partial charge in [0.15, 0.2) is 11.5 Å². The monoisotopic (exact) mass is 251 g/mol. The number of hydrogen-bond donors (Lipinski definition) is 1. The maximum Gasteiger partial charge on any atom is 0.204 e. The van der Waals surface area contributed by atoms with E-state index in [0.29, 0.717) is 22.5 Å². The summed E-state index contributed by atoms with van der Waals surface area (Å²) in [5.41, 5.74) is 0.574. The highest BCUT2D eigenvalue weighted by Gasteiger charge is 2.10. The number of ether oxygens (including phenoxy) is 1. The molecule has 4 nitrogen and oxygen atoms in total. The summed E-state index contributed by atoms with van der Waals surface area (Å²) in [5, 5.41) is 19.2. The van der Waals surface area contributed by atoms with Gasteiger partial charge in [0.2, 0.25) is 5.76 Å². The summed E-state index contributed by atoms with van der Waals surface area (Å²) < 4.78 is 11.0. The minimum atomic E-state index is 0.0588. The zero-order chi connectivity index (χ0) is 13.2. The Hall–Kier alpha value is -2.93. The molecule has 0 aliphatic heterocycles. The van der Waals surface area contributed by atoms with Crippen LogP contribution in [0.1, 0.15) is 5.76 Å². The molecule has 0 atom stereocenters. The summed E-state index contributed by atoms with van der Waals surface area (Å²) in [4.78, 5) is 0. The molecule has 0 unspecified atom stereocenters. The van der Waals surface area contributed by atoms with Gasteiger partial charge in [-0.3, -0.25) is 0 Å². The molecule has 0 spiro atoms. The molecule has 0 saturated carbocycles. The van der Waals surface area contributed by atoms with Gasteiger partial charge in [0, 0.05) is 6.07 Å². The average Bonchev–Trinajstić information content (AvgIpc) is 2.85. The molecule has 0 fully saturated rings. The van der Waals surface area contributed by atoms with Gasteiger partial charge in [-0.2, -0.15) is 5.26 Å². The van der Waals surface area contributed by atoms with Crippen LogP contribution >= 0.6 is 0 Å². The molecule has 0 amide bonds. The van der Waals surface area contributed by atoms with E-state index >= 15 is 0 Å². The predicted molar refractivity (Wildman–Crippen MR) is 69.1 cm³/mol. The summed E-state index contributed by atoms with van der Waals surface area (Å²) in [6, 6.07) is 15.5. The molecule has 0 radical (unpaired) electrons. The summed E-state index contributed by atoms with van der Waals surface area (Å²) in [7, 11) is 0. The van der Waals surface area contributed by atoms with E-state index in [1.807, 2.05) is 6.07 Å². The van der Waals surface area contributed by atoms with Crippen LogP contribution in [0.4, 0.5) is 0 Å². The van der Waals surface area contributed by atoms with Gasteiger partial charge in [-0.25, -0.2) is 0 Å². The molecule has 1 heterocycles. The lowest BCUT2D eigenvalue weighted by atomic mass is 10.2. The Morgan fingerprint density at radius 2 is 1.84 bits per heavy atom. The van der Waals surface area contributed by atoms with E-state index in [9.17, 15) is 5.11 Å². The molecule has 0 aliphatic rings. The van der Waals surface area contributed by atoms with E-state index in [1.54, 1.807) is 48.5 Å². The van der Waals surface area contributed by atoms with E-state index in [1.165, 1.54) is 0 Å². The largest absolute Gasteiger partial charge is 0.504 e. The van der Waals surface area contributed by atoms with Crippen molar-refractivity contribution in [3.8, 4) is 23.3 Å². The second kappa shape index (κ2) is 4.39. The summed E-state index contributed by atoms with van der Waals surface area (Å²) in [6.07, 6.45) is 0. The Morgan fingerprint density at radius 1 is 1.05 bits per heavy atom. The first-order valence-electron chi connectivity index (χ1n) is 5.66. The number of hydrogen-bond acceptors (Lipinski definition) is 4. The van der Waals surface area contributed by atoms with Crippen molar-refractivity contribution < 1.29 is 14.3 Å². The lowest BCUT2D eigenvalue weighted by Gasteiger charge is -2.07. The molecule has 3 aromatic rings. The number of phenols is 1. The highest BCUT2D eigenvalue weighted by molar-refractivity contribution is 5.85. The summed E-state index contributed by atoms with van der Waals surface area (Å²) in [5.74, 6) is 1.17. The van der Waals surface area contributed by atoms with Crippen LogP contribution in [-0.4, -0.2) is 5.11 Å². The van der Waals surface area contributed by atoms with Crippen molar-refractivity contribution in [1.29, 1.82) is 5.26 Å². The van der Waals surface area contributed by atoms with Crippen LogP contribution < -0.4 is 4.74 Å². The molecule has 19 heavy (non-hydrogen) atoms. The van der Waals surface area contributed by atoms with Crippen LogP contribution in [0.3, 0.4) is 0 Å². The zero-order valence-electron chi connectivity index (χ0n) is 9.83.